The summed E-state index contributed by atoms with van der Waals surface area (Å²) in [6.07, 6.45) is 1.10. The van der Waals surface area contributed by atoms with Gasteiger partial charge in [0.25, 0.3) is 0 Å². The Morgan fingerprint density at radius 2 is 1.15 bits per heavy atom. The van der Waals surface area contributed by atoms with Crippen LogP contribution in [0.2, 0.25) is 0 Å². The van der Waals surface area contributed by atoms with Gasteiger partial charge in [-0.05, 0) is 50.0 Å². The molecule has 4 aromatic carbocycles. The molecule has 0 amide bonds. The maximum absolute atomic E-state index is 2.87. The van der Waals surface area contributed by atoms with Gasteiger partial charge in [-0.15, -0.1) is 9.24 Å². The van der Waals surface area contributed by atoms with Crippen LogP contribution in [0.15, 0.2) is 72.8 Å². The van der Waals surface area contributed by atoms with E-state index in [-0.39, 0.29) is 0 Å². The molecule has 0 fully saturated rings. The smallest absolute Gasteiger partial charge is 0.0243 e. The predicted molar refractivity (Wildman–Crippen MR) is 116 cm³/mol. The van der Waals surface area contributed by atoms with Gasteiger partial charge in [-0.25, -0.2) is 0 Å². The van der Waals surface area contributed by atoms with Crippen LogP contribution in [0.1, 0.15) is 11.1 Å². The molecular weight excluding hydrogens is 333 g/mol. The summed E-state index contributed by atoms with van der Waals surface area (Å²) >= 11 is 0. The SMILES string of the molecule is PCCN1Cc2ccc3ccccc3c2-c2c(ccc3ccccc23)C1. The van der Waals surface area contributed by atoms with Gasteiger partial charge in [-0.3, -0.25) is 4.90 Å². The van der Waals surface area contributed by atoms with E-state index in [0.717, 1.165) is 25.8 Å². The molecule has 2 heteroatoms. The highest BCUT2D eigenvalue weighted by molar-refractivity contribution is 7.16. The van der Waals surface area contributed by atoms with Crippen LogP contribution >= 0.6 is 9.24 Å². The minimum absolute atomic E-state index is 1.01. The van der Waals surface area contributed by atoms with Crippen LogP contribution < -0.4 is 0 Å². The Morgan fingerprint density at radius 1 is 0.654 bits per heavy atom. The molecule has 1 nitrogen and oxygen atoms in total. The molecule has 1 unspecified atom stereocenters. The lowest BCUT2D eigenvalue weighted by atomic mass is 9.88. The predicted octanol–water partition coefficient (Wildman–Crippen LogP) is 5.85. The summed E-state index contributed by atoms with van der Waals surface area (Å²) in [4.78, 5) is 2.57. The van der Waals surface area contributed by atoms with E-state index < -0.39 is 0 Å². The van der Waals surface area contributed by atoms with Gasteiger partial charge in [0.15, 0.2) is 0 Å². The second-order valence-electron chi connectivity index (χ2n) is 7.14. The van der Waals surface area contributed by atoms with Crippen molar-refractivity contribution in [3.8, 4) is 11.1 Å². The van der Waals surface area contributed by atoms with Gasteiger partial charge < -0.3 is 0 Å². The summed E-state index contributed by atoms with van der Waals surface area (Å²) < 4.78 is 0. The summed E-state index contributed by atoms with van der Waals surface area (Å²) in [5.41, 5.74) is 5.75. The monoisotopic (exact) mass is 355 g/mol. The fourth-order valence-corrected chi connectivity index (χ4v) is 4.73. The molecule has 4 aromatic rings. The Labute approximate surface area is 156 Å². The second kappa shape index (κ2) is 6.50. The lowest BCUT2D eigenvalue weighted by Gasteiger charge is -2.20. The largest absolute Gasteiger partial charge is 0.294 e. The van der Waals surface area contributed by atoms with E-state index in [9.17, 15) is 0 Å². The number of benzene rings is 4. The van der Waals surface area contributed by atoms with Gasteiger partial charge in [0.05, 0.1) is 0 Å². The first-order valence-electron chi connectivity index (χ1n) is 9.29. The quantitative estimate of drug-likeness (QED) is 0.408. The zero-order chi connectivity index (χ0) is 17.5. The topological polar surface area (TPSA) is 3.24 Å². The Balaban J connectivity index is 1.91. The molecule has 0 aliphatic carbocycles. The maximum Gasteiger partial charge on any atom is 0.0243 e. The summed E-state index contributed by atoms with van der Waals surface area (Å²) in [6.45, 7) is 3.12. The van der Waals surface area contributed by atoms with Gasteiger partial charge in [-0.2, -0.15) is 0 Å². The van der Waals surface area contributed by atoms with Gasteiger partial charge in [0.2, 0.25) is 0 Å². The molecule has 1 aliphatic rings. The minimum atomic E-state index is 1.01. The Kier molecular flexibility index (Phi) is 4.00. The van der Waals surface area contributed by atoms with Gasteiger partial charge in [-0.1, -0.05) is 72.8 Å². The first kappa shape index (κ1) is 16.0. The van der Waals surface area contributed by atoms with Crippen molar-refractivity contribution < 1.29 is 0 Å². The minimum Gasteiger partial charge on any atom is -0.294 e. The van der Waals surface area contributed by atoms with E-state index >= 15 is 0 Å². The second-order valence-corrected chi connectivity index (χ2v) is 7.72. The highest BCUT2D eigenvalue weighted by atomic mass is 31.0. The number of hydrogen-bond donors (Lipinski definition) is 0. The highest BCUT2D eigenvalue weighted by Gasteiger charge is 2.22. The Hall–Kier alpha value is -2.21. The molecule has 0 N–H and O–H groups in total. The third-order valence-corrected chi connectivity index (χ3v) is 5.77. The lowest BCUT2D eigenvalue weighted by Crippen LogP contribution is -2.23. The standard InChI is InChI=1S/C24H22NP/c26-14-13-25-15-19-11-9-17-5-1-3-7-21(17)23(19)24-20(16-25)12-10-18-6-2-4-8-22(18)24/h1-12H,13-16,26H2. The summed E-state index contributed by atoms with van der Waals surface area (Å²) in [6, 6.07) is 26.9. The first-order valence-corrected chi connectivity index (χ1v) is 10.1. The van der Waals surface area contributed by atoms with Crippen molar-refractivity contribution in [2.24, 2.45) is 0 Å². The molecule has 26 heavy (non-hydrogen) atoms. The molecule has 0 bridgehead atoms. The fourth-order valence-electron chi connectivity index (χ4n) is 4.37. The van der Waals surface area contributed by atoms with Crippen molar-refractivity contribution in [1.82, 2.24) is 4.90 Å². The zero-order valence-corrected chi connectivity index (χ0v) is 15.9. The fraction of sp³-hybridized carbons (Fsp3) is 0.167. The summed E-state index contributed by atoms with van der Waals surface area (Å²) in [5, 5.41) is 5.39. The van der Waals surface area contributed by atoms with Gasteiger partial charge in [0.1, 0.15) is 0 Å². The molecule has 0 saturated heterocycles. The van der Waals surface area contributed by atoms with Gasteiger partial charge >= 0.3 is 0 Å². The van der Waals surface area contributed by atoms with E-state index in [1.165, 1.54) is 43.8 Å². The van der Waals surface area contributed by atoms with Crippen molar-refractivity contribution in [1.29, 1.82) is 0 Å². The third kappa shape index (κ3) is 2.55. The molecule has 0 radical (unpaired) electrons. The van der Waals surface area contributed by atoms with Crippen molar-refractivity contribution >= 4 is 30.8 Å². The molecule has 1 aliphatic heterocycles. The molecular formula is C24H22NP. The van der Waals surface area contributed by atoms with Crippen LogP contribution in [-0.4, -0.2) is 17.6 Å². The van der Waals surface area contributed by atoms with E-state index in [2.05, 4.69) is 86.9 Å². The molecule has 0 saturated carbocycles. The first-order chi connectivity index (χ1) is 12.8. The van der Waals surface area contributed by atoms with Crippen LogP contribution in [0, 0.1) is 0 Å². The van der Waals surface area contributed by atoms with Crippen molar-refractivity contribution in [2.45, 2.75) is 13.1 Å². The molecule has 5 rings (SSSR count). The Morgan fingerprint density at radius 3 is 1.65 bits per heavy atom. The van der Waals surface area contributed by atoms with Crippen LogP contribution in [0.4, 0.5) is 0 Å². The number of fused-ring (bicyclic) bond motifs is 7. The maximum atomic E-state index is 2.87. The van der Waals surface area contributed by atoms with E-state index in [0.29, 0.717) is 0 Å². The summed E-state index contributed by atoms with van der Waals surface area (Å²) in [5.74, 6) is 0. The van der Waals surface area contributed by atoms with Crippen LogP contribution in [-0.2, 0) is 13.1 Å². The normalized spacial score (nSPS) is 14.2. The van der Waals surface area contributed by atoms with Gasteiger partial charge in [0, 0.05) is 19.6 Å². The van der Waals surface area contributed by atoms with Crippen LogP contribution in [0.25, 0.3) is 32.7 Å². The van der Waals surface area contributed by atoms with Crippen molar-refractivity contribution in [3.05, 3.63) is 83.9 Å². The van der Waals surface area contributed by atoms with Crippen molar-refractivity contribution in [2.75, 3.05) is 12.7 Å². The number of rotatable bonds is 2. The van der Waals surface area contributed by atoms with Crippen LogP contribution in [0.3, 0.4) is 0 Å². The summed E-state index contributed by atoms with van der Waals surface area (Å²) in [7, 11) is 2.87. The number of hydrogen-bond acceptors (Lipinski definition) is 1. The van der Waals surface area contributed by atoms with E-state index in [1.54, 1.807) is 0 Å². The van der Waals surface area contributed by atoms with E-state index in [4.69, 9.17) is 0 Å². The highest BCUT2D eigenvalue weighted by Crippen LogP contribution is 2.41. The molecule has 128 valence electrons. The number of nitrogens with zero attached hydrogens (tertiary/aromatic N) is 1. The average Bonchev–Trinajstić information content (AvgIpc) is 2.84. The molecule has 0 aromatic heterocycles. The molecule has 0 spiro atoms. The van der Waals surface area contributed by atoms with Crippen LogP contribution in [0.5, 0.6) is 0 Å². The molecule has 1 atom stereocenters. The molecule has 1 heterocycles. The average molecular weight is 355 g/mol. The third-order valence-electron chi connectivity index (χ3n) is 5.51. The Bertz CT molecular complexity index is 1030. The van der Waals surface area contributed by atoms with E-state index in [1.807, 2.05) is 0 Å². The van der Waals surface area contributed by atoms with Crippen molar-refractivity contribution in [3.63, 3.8) is 0 Å². The lowest BCUT2D eigenvalue weighted by molar-refractivity contribution is 0.277. The zero-order valence-electron chi connectivity index (χ0n) is 14.8.